The number of non-ortho nitro benzene ring substituents is 1. The molecule has 2 N–H and O–H groups in total. The van der Waals surface area contributed by atoms with Crippen LogP contribution in [0.5, 0.6) is 0 Å². The predicted molar refractivity (Wildman–Crippen MR) is 81.4 cm³/mol. The van der Waals surface area contributed by atoms with E-state index in [0.29, 0.717) is 19.0 Å². The van der Waals surface area contributed by atoms with Crippen LogP contribution in [-0.4, -0.2) is 28.8 Å². The Bertz CT molecular complexity index is 573. The zero-order valence-electron chi connectivity index (χ0n) is 11.8. The molecule has 1 saturated carbocycles. The van der Waals surface area contributed by atoms with Crippen LogP contribution in [0.1, 0.15) is 36.5 Å². The van der Waals surface area contributed by atoms with Crippen molar-refractivity contribution in [3.63, 3.8) is 0 Å². The zero-order chi connectivity index (χ0) is 15.6. The maximum absolute atomic E-state index is 12.6. The minimum absolute atomic E-state index is 0.0345. The fraction of sp³-hybridized carbons (Fsp3) is 0.500. The second-order valence-corrected chi connectivity index (χ2v) is 5.69. The number of carbonyl (C=O) groups is 1. The molecule has 6 nitrogen and oxygen atoms in total. The number of amides is 1. The molecule has 0 bridgehead atoms. The summed E-state index contributed by atoms with van der Waals surface area (Å²) in [5.74, 6) is 0.219. The number of nitrogens with two attached hydrogens (primary N) is 1. The third kappa shape index (κ3) is 3.26. The van der Waals surface area contributed by atoms with E-state index in [-0.39, 0.29) is 27.9 Å². The first kappa shape index (κ1) is 15.6. The van der Waals surface area contributed by atoms with Crippen molar-refractivity contribution in [2.24, 2.45) is 5.92 Å². The van der Waals surface area contributed by atoms with Crippen molar-refractivity contribution < 1.29 is 9.72 Å². The first-order chi connectivity index (χ1) is 9.93. The van der Waals surface area contributed by atoms with Crippen molar-refractivity contribution in [3.05, 3.63) is 32.8 Å². The number of nitrogen functional groups attached to an aromatic ring is 1. The Morgan fingerprint density at radius 1 is 1.52 bits per heavy atom. The molecule has 0 atom stereocenters. The van der Waals surface area contributed by atoms with Gasteiger partial charge in [-0.25, -0.2) is 0 Å². The van der Waals surface area contributed by atoms with Gasteiger partial charge in [-0.15, -0.1) is 0 Å². The topological polar surface area (TPSA) is 89.5 Å². The van der Waals surface area contributed by atoms with E-state index < -0.39 is 4.92 Å². The highest BCUT2D eigenvalue weighted by Gasteiger charge is 2.26. The Hall–Kier alpha value is -1.82. The van der Waals surface area contributed by atoms with Gasteiger partial charge < -0.3 is 10.6 Å². The third-order valence-corrected chi connectivity index (χ3v) is 4.24. The lowest BCUT2D eigenvalue weighted by molar-refractivity contribution is -0.384. The molecule has 1 fully saturated rings. The Morgan fingerprint density at radius 3 is 2.67 bits per heavy atom. The van der Waals surface area contributed by atoms with Crippen LogP contribution in [0.4, 0.5) is 11.4 Å². The first-order valence-electron chi connectivity index (χ1n) is 6.96. The number of halogens is 1. The summed E-state index contributed by atoms with van der Waals surface area (Å²) in [6.07, 6.45) is 3.44. The van der Waals surface area contributed by atoms with Crippen LogP contribution >= 0.6 is 11.6 Å². The van der Waals surface area contributed by atoms with Gasteiger partial charge in [-0.2, -0.15) is 0 Å². The highest BCUT2D eigenvalue weighted by molar-refractivity contribution is 6.34. The van der Waals surface area contributed by atoms with Crippen LogP contribution in [0.2, 0.25) is 5.02 Å². The number of nitrogens with zero attached hydrogens (tertiary/aromatic N) is 2. The maximum atomic E-state index is 12.6. The number of hydrogen-bond donors (Lipinski definition) is 1. The molecular formula is C14H18ClN3O3. The summed E-state index contributed by atoms with van der Waals surface area (Å²) in [5.41, 5.74) is 5.80. The fourth-order valence-corrected chi connectivity index (χ4v) is 2.61. The van der Waals surface area contributed by atoms with Crippen LogP contribution in [0.15, 0.2) is 12.1 Å². The van der Waals surface area contributed by atoms with Crippen LogP contribution < -0.4 is 5.73 Å². The standard InChI is InChI=1S/C14H18ClN3O3/c1-2-17(8-9-4-3-5-9)14(19)11-6-10(18(20)21)7-12(15)13(11)16/h6-7,9H,2-5,8,16H2,1H3. The van der Waals surface area contributed by atoms with E-state index in [1.165, 1.54) is 12.5 Å². The highest BCUT2D eigenvalue weighted by Crippen LogP contribution is 2.31. The van der Waals surface area contributed by atoms with Crippen LogP contribution in [-0.2, 0) is 0 Å². The van der Waals surface area contributed by atoms with Gasteiger partial charge in [0.05, 0.1) is 21.2 Å². The summed E-state index contributed by atoms with van der Waals surface area (Å²) < 4.78 is 0. The van der Waals surface area contributed by atoms with Crippen LogP contribution in [0, 0.1) is 16.0 Å². The molecule has 1 aliphatic carbocycles. The summed E-state index contributed by atoms with van der Waals surface area (Å²) in [6.45, 7) is 3.08. The predicted octanol–water partition coefficient (Wildman–Crippen LogP) is 3.09. The van der Waals surface area contributed by atoms with Gasteiger partial charge in [0.25, 0.3) is 11.6 Å². The van der Waals surface area contributed by atoms with Gasteiger partial charge in [0.15, 0.2) is 0 Å². The number of benzene rings is 1. The number of nitro benzene ring substituents is 1. The van der Waals surface area contributed by atoms with Crippen molar-refractivity contribution in [1.82, 2.24) is 4.90 Å². The molecule has 7 heteroatoms. The minimum atomic E-state index is -0.579. The van der Waals surface area contributed by atoms with Gasteiger partial charge in [-0.3, -0.25) is 14.9 Å². The molecule has 0 radical (unpaired) electrons. The maximum Gasteiger partial charge on any atom is 0.271 e. The summed E-state index contributed by atoms with van der Waals surface area (Å²) in [6, 6.07) is 2.36. The second kappa shape index (κ2) is 6.30. The molecule has 1 aliphatic rings. The molecule has 0 aliphatic heterocycles. The SMILES string of the molecule is CCN(CC1CCC1)C(=O)c1cc([N+](=O)[O-])cc(Cl)c1N. The van der Waals surface area contributed by atoms with E-state index in [9.17, 15) is 14.9 Å². The van der Waals surface area contributed by atoms with E-state index in [1.54, 1.807) is 4.90 Å². The smallest absolute Gasteiger partial charge is 0.271 e. The number of nitro groups is 1. The summed E-state index contributed by atoms with van der Waals surface area (Å²) in [5, 5.41) is 10.9. The molecule has 21 heavy (non-hydrogen) atoms. The second-order valence-electron chi connectivity index (χ2n) is 5.29. The van der Waals surface area contributed by atoms with E-state index in [1.807, 2.05) is 6.92 Å². The molecule has 114 valence electrons. The largest absolute Gasteiger partial charge is 0.397 e. The van der Waals surface area contributed by atoms with Gasteiger partial charge in [-0.05, 0) is 25.7 Å². The average molecular weight is 312 g/mol. The lowest BCUT2D eigenvalue weighted by Crippen LogP contribution is -2.37. The van der Waals surface area contributed by atoms with Gasteiger partial charge >= 0.3 is 0 Å². The molecule has 1 aromatic carbocycles. The third-order valence-electron chi connectivity index (χ3n) is 3.93. The molecule has 0 heterocycles. The fourth-order valence-electron chi connectivity index (χ4n) is 2.40. The Morgan fingerprint density at radius 2 is 2.19 bits per heavy atom. The van der Waals surface area contributed by atoms with Crippen LogP contribution in [0.3, 0.4) is 0 Å². The van der Waals surface area contributed by atoms with Crippen molar-refractivity contribution >= 4 is 28.9 Å². The van der Waals surface area contributed by atoms with E-state index in [4.69, 9.17) is 17.3 Å². The van der Waals surface area contributed by atoms with Gasteiger partial charge in [-0.1, -0.05) is 18.0 Å². The molecule has 2 rings (SSSR count). The molecular weight excluding hydrogens is 294 g/mol. The molecule has 0 saturated heterocycles. The monoisotopic (exact) mass is 311 g/mol. The lowest BCUT2D eigenvalue weighted by atomic mass is 9.85. The van der Waals surface area contributed by atoms with Gasteiger partial charge in [0.2, 0.25) is 0 Å². The van der Waals surface area contributed by atoms with E-state index in [2.05, 4.69) is 0 Å². The van der Waals surface area contributed by atoms with E-state index >= 15 is 0 Å². The average Bonchev–Trinajstić information content (AvgIpc) is 2.39. The highest BCUT2D eigenvalue weighted by atomic mass is 35.5. The summed E-state index contributed by atoms with van der Waals surface area (Å²) in [4.78, 5) is 24.6. The Kier molecular flexibility index (Phi) is 4.67. The van der Waals surface area contributed by atoms with Crippen molar-refractivity contribution in [2.75, 3.05) is 18.8 Å². The normalized spacial score (nSPS) is 14.6. The number of rotatable bonds is 5. The zero-order valence-corrected chi connectivity index (χ0v) is 12.6. The van der Waals surface area contributed by atoms with Crippen molar-refractivity contribution in [1.29, 1.82) is 0 Å². The number of anilines is 1. The summed E-state index contributed by atoms with van der Waals surface area (Å²) in [7, 11) is 0. The molecule has 0 unspecified atom stereocenters. The van der Waals surface area contributed by atoms with Crippen molar-refractivity contribution in [2.45, 2.75) is 26.2 Å². The molecule has 1 aromatic rings. The van der Waals surface area contributed by atoms with Gasteiger partial charge in [0, 0.05) is 25.2 Å². The Balaban J connectivity index is 2.29. The number of hydrogen-bond acceptors (Lipinski definition) is 4. The van der Waals surface area contributed by atoms with Crippen LogP contribution in [0.25, 0.3) is 0 Å². The van der Waals surface area contributed by atoms with Gasteiger partial charge in [0.1, 0.15) is 0 Å². The quantitative estimate of drug-likeness (QED) is 0.514. The molecule has 0 aromatic heterocycles. The first-order valence-corrected chi connectivity index (χ1v) is 7.34. The minimum Gasteiger partial charge on any atom is -0.397 e. The molecule has 1 amide bonds. The van der Waals surface area contributed by atoms with E-state index in [0.717, 1.165) is 18.9 Å². The summed E-state index contributed by atoms with van der Waals surface area (Å²) >= 11 is 5.90. The number of carbonyl (C=O) groups excluding carboxylic acids is 1. The van der Waals surface area contributed by atoms with Crippen molar-refractivity contribution in [3.8, 4) is 0 Å². The Labute approximate surface area is 128 Å². The lowest BCUT2D eigenvalue weighted by Gasteiger charge is -2.32. The molecule has 0 spiro atoms.